The van der Waals surface area contributed by atoms with Crippen molar-refractivity contribution in [1.82, 2.24) is 4.90 Å². The van der Waals surface area contributed by atoms with Crippen molar-refractivity contribution in [2.24, 2.45) is 0 Å². The summed E-state index contributed by atoms with van der Waals surface area (Å²) in [5, 5.41) is 4.21. The van der Waals surface area contributed by atoms with Gasteiger partial charge >= 0.3 is 0 Å². The Kier molecular flexibility index (Phi) is 4.68. The third-order valence-electron chi connectivity index (χ3n) is 3.60. The van der Waals surface area contributed by atoms with E-state index in [1.807, 2.05) is 4.90 Å². The van der Waals surface area contributed by atoms with Crippen LogP contribution in [0.3, 0.4) is 0 Å². The van der Waals surface area contributed by atoms with E-state index in [1.54, 1.807) is 35.6 Å². The fraction of sp³-hybridized carbons (Fsp3) is 0.267. The second kappa shape index (κ2) is 6.29. The Bertz CT molecular complexity index is 568. The van der Waals surface area contributed by atoms with Gasteiger partial charge in [-0.15, -0.1) is 12.4 Å². The van der Waals surface area contributed by atoms with Crippen LogP contribution in [-0.4, -0.2) is 17.4 Å². The third kappa shape index (κ3) is 2.81. The molecule has 1 unspecified atom stereocenters. The Labute approximate surface area is 128 Å². The van der Waals surface area contributed by atoms with E-state index >= 15 is 0 Å². The zero-order valence-electron chi connectivity index (χ0n) is 11.0. The van der Waals surface area contributed by atoms with Crippen molar-refractivity contribution in [2.75, 3.05) is 12.3 Å². The average molecular weight is 309 g/mol. The van der Waals surface area contributed by atoms with E-state index < -0.39 is 0 Å². The summed E-state index contributed by atoms with van der Waals surface area (Å²) in [6.45, 7) is 0.837. The molecule has 1 aliphatic heterocycles. The maximum absolute atomic E-state index is 12.6. The van der Waals surface area contributed by atoms with Gasteiger partial charge in [0, 0.05) is 17.8 Å². The molecule has 1 fully saturated rings. The maximum atomic E-state index is 12.6. The van der Waals surface area contributed by atoms with Crippen LogP contribution in [0.4, 0.5) is 5.69 Å². The van der Waals surface area contributed by atoms with E-state index in [1.165, 1.54) is 5.56 Å². The molecule has 2 aromatic rings. The van der Waals surface area contributed by atoms with E-state index in [9.17, 15) is 4.79 Å². The first-order valence-electron chi connectivity index (χ1n) is 6.44. The highest BCUT2D eigenvalue weighted by molar-refractivity contribution is 7.07. The first-order chi connectivity index (χ1) is 9.25. The molecule has 2 heterocycles. The molecule has 5 heteroatoms. The number of carbonyl (C=O) groups is 1. The monoisotopic (exact) mass is 308 g/mol. The standard InChI is InChI=1S/C15H16N2OS.ClH/c16-13-5-3-11(4-6-13)15(18)17-8-1-2-14(17)12-7-9-19-10-12;/h3-7,9-10,14H,1-2,8,16H2;1H. The molecular formula is C15H17ClN2OS. The highest BCUT2D eigenvalue weighted by Gasteiger charge is 2.30. The van der Waals surface area contributed by atoms with Gasteiger partial charge in [0.25, 0.3) is 5.91 Å². The minimum Gasteiger partial charge on any atom is -0.399 e. The summed E-state index contributed by atoms with van der Waals surface area (Å²) in [7, 11) is 0. The fourth-order valence-electron chi connectivity index (χ4n) is 2.61. The van der Waals surface area contributed by atoms with Crippen LogP contribution in [0.15, 0.2) is 41.1 Å². The number of anilines is 1. The first kappa shape index (κ1) is 14.9. The highest BCUT2D eigenvalue weighted by atomic mass is 35.5. The number of carbonyl (C=O) groups excluding carboxylic acids is 1. The number of hydrogen-bond donors (Lipinski definition) is 1. The molecule has 1 saturated heterocycles. The van der Waals surface area contributed by atoms with Crippen LogP contribution in [0.25, 0.3) is 0 Å². The number of nitrogens with zero attached hydrogens (tertiary/aromatic N) is 1. The van der Waals surface area contributed by atoms with Crippen LogP contribution >= 0.6 is 23.7 Å². The number of nitrogen functional groups attached to an aromatic ring is 1. The Morgan fingerprint density at radius 3 is 2.65 bits per heavy atom. The Morgan fingerprint density at radius 1 is 1.25 bits per heavy atom. The fourth-order valence-corrected chi connectivity index (χ4v) is 3.32. The first-order valence-corrected chi connectivity index (χ1v) is 7.38. The van der Waals surface area contributed by atoms with Gasteiger partial charge in [0.15, 0.2) is 0 Å². The van der Waals surface area contributed by atoms with Crippen molar-refractivity contribution in [1.29, 1.82) is 0 Å². The van der Waals surface area contributed by atoms with Crippen molar-refractivity contribution in [3.05, 3.63) is 52.2 Å². The lowest BCUT2D eigenvalue weighted by Crippen LogP contribution is -2.30. The smallest absolute Gasteiger partial charge is 0.254 e. The molecule has 0 saturated carbocycles. The molecule has 0 bridgehead atoms. The molecule has 20 heavy (non-hydrogen) atoms. The van der Waals surface area contributed by atoms with Crippen LogP contribution in [0.2, 0.25) is 0 Å². The summed E-state index contributed by atoms with van der Waals surface area (Å²) in [5.74, 6) is 0.105. The summed E-state index contributed by atoms with van der Waals surface area (Å²) >= 11 is 1.68. The molecule has 0 spiro atoms. The normalized spacial score (nSPS) is 17.8. The van der Waals surface area contributed by atoms with Crippen molar-refractivity contribution < 1.29 is 4.79 Å². The predicted octanol–water partition coefficient (Wildman–Crippen LogP) is 3.73. The molecule has 1 aromatic heterocycles. The largest absolute Gasteiger partial charge is 0.399 e. The highest BCUT2D eigenvalue weighted by Crippen LogP contribution is 2.34. The zero-order valence-corrected chi connectivity index (χ0v) is 12.6. The second-order valence-corrected chi connectivity index (χ2v) is 5.62. The number of hydrogen-bond acceptors (Lipinski definition) is 3. The van der Waals surface area contributed by atoms with Crippen LogP contribution in [0.5, 0.6) is 0 Å². The summed E-state index contributed by atoms with van der Waals surface area (Å²) in [5.41, 5.74) is 8.32. The SMILES string of the molecule is Cl.Nc1ccc(C(=O)N2CCCC2c2ccsc2)cc1. The van der Waals surface area contributed by atoms with E-state index in [-0.39, 0.29) is 24.4 Å². The molecule has 2 N–H and O–H groups in total. The van der Waals surface area contributed by atoms with Crippen molar-refractivity contribution in [3.63, 3.8) is 0 Å². The molecule has 106 valence electrons. The average Bonchev–Trinajstić information content (AvgIpc) is 3.09. The van der Waals surface area contributed by atoms with Gasteiger partial charge in [0.1, 0.15) is 0 Å². The van der Waals surface area contributed by atoms with E-state index in [4.69, 9.17) is 5.73 Å². The zero-order chi connectivity index (χ0) is 13.2. The van der Waals surface area contributed by atoms with E-state index in [0.29, 0.717) is 5.69 Å². The Hall–Kier alpha value is -1.52. The molecule has 3 nitrogen and oxygen atoms in total. The van der Waals surface area contributed by atoms with Crippen LogP contribution < -0.4 is 5.73 Å². The van der Waals surface area contributed by atoms with Gasteiger partial charge in [-0.25, -0.2) is 0 Å². The van der Waals surface area contributed by atoms with E-state index in [2.05, 4.69) is 16.8 Å². The number of halogens is 1. The number of benzene rings is 1. The lowest BCUT2D eigenvalue weighted by Gasteiger charge is -2.24. The predicted molar refractivity (Wildman–Crippen MR) is 85.4 cm³/mol. The van der Waals surface area contributed by atoms with Crippen LogP contribution in [0, 0.1) is 0 Å². The molecule has 3 rings (SSSR count). The lowest BCUT2D eigenvalue weighted by atomic mass is 10.1. The van der Waals surface area contributed by atoms with Gasteiger partial charge in [-0.1, -0.05) is 0 Å². The van der Waals surface area contributed by atoms with E-state index in [0.717, 1.165) is 24.9 Å². The van der Waals surface area contributed by atoms with Crippen LogP contribution in [-0.2, 0) is 0 Å². The van der Waals surface area contributed by atoms with Gasteiger partial charge in [-0.3, -0.25) is 4.79 Å². The van der Waals surface area contributed by atoms with Crippen molar-refractivity contribution >= 4 is 35.3 Å². The summed E-state index contributed by atoms with van der Waals surface area (Å²) in [4.78, 5) is 14.5. The minimum absolute atomic E-state index is 0. The summed E-state index contributed by atoms with van der Waals surface area (Å²) in [6, 6.07) is 9.52. The molecule has 1 aliphatic rings. The summed E-state index contributed by atoms with van der Waals surface area (Å²) < 4.78 is 0. The third-order valence-corrected chi connectivity index (χ3v) is 4.30. The molecule has 1 amide bonds. The number of rotatable bonds is 2. The second-order valence-electron chi connectivity index (χ2n) is 4.84. The minimum atomic E-state index is 0. The van der Waals surface area contributed by atoms with Crippen LogP contribution in [0.1, 0.15) is 34.8 Å². The van der Waals surface area contributed by atoms with Gasteiger partial charge in [-0.2, -0.15) is 11.3 Å². The van der Waals surface area contributed by atoms with Gasteiger partial charge in [0.05, 0.1) is 6.04 Å². The molecule has 0 aliphatic carbocycles. The molecule has 0 radical (unpaired) electrons. The number of likely N-dealkylation sites (tertiary alicyclic amines) is 1. The molecule has 1 aromatic carbocycles. The number of thiophene rings is 1. The maximum Gasteiger partial charge on any atom is 0.254 e. The quantitative estimate of drug-likeness (QED) is 0.859. The van der Waals surface area contributed by atoms with Crippen molar-refractivity contribution in [3.8, 4) is 0 Å². The Morgan fingerprint density at radius 2 is 2.00 bits per heavy atom. The number of nitrogens with two attached hydrogens (primary N) is 1. The van der Waals surface area contributed by atoms with Crippen molar-refractivity contribution in [2.45, 2.75) is 18.9 Å². The molecule has 1 atom stereocenters. The van der Waals surface area contributed by atoms with Gasteiger partial charge in [-0.05, 0) is 59.5 Å². The lowest BCUT2D eigenvalue weighted by molar-refractivity contribution is 0.0736. The molecular weight excluding hydrogens is 292 g/mol. The van der Waals surface area contributed by atoms with Gasteiger partial charge < -0.3 is 10.6 Å². The number of amides is 1. The Balaban J connectivity index is 0.00000147. The van der Waals surface area contributed by atoms with Gasteiger partial charge in [0.2, 0.25) is 0 Å². The topological polar surface area (TPSA) is 46.3 Å². The summed E-state index contributed by atoms with van der Waals surface area (Å²) in [6.07, 6.45) is 2.12.